The average Bonchev–Trinajstić information content (AvgIpc) is 3.42. The molecular weight excluding hydrogens is 454 g/mol. The lowest BCUT2D eigenvalue weighted by Crippen LogP contribution is -2.46. The highest BCUT2D eigenvalue weighted by atomic mass is 16.5. The number of likely N-dealkylation sites (tertiary alicyclic amines) is 1. The van der Waals surface area contributed by atoms with E-state index in [1.54, 1.807) is 4.90 Å². The molecule has 0 bridgehead atoms. The number of amides is 1. The molecule has 192 valence electrons. The second-order valence-electron chi connectivity index (χ2n) is 10.2. The average molecular weight is 492 g/mol. The molecule has 0 saturated carbocycles. The van der Waals surface area contributed by atoms with Gasteiger partial charge in [0.15, 0.2) is 0 Å². The number of nitrogens with one attached hydrogen (secondary N) is 1. The molecule has 3 heterocycles. The lowest BCUT2D eigenvalue weighted by Gasteiger charge is -2.35. The number of aryl methyl sites for hydroxylation is 1. The van der Waals surface area contributed by atoms with Gasteiger partial charge in [0.1, 0.15) is 17.9 Å². The summed E-state index contributed by atoms with van der Waals surface area (Å²) in [5.74, 6) is 0.720. The minimum atomic E-state index is -0.433. The fraction of sp³-hybridized carbons (Fsp3) is 0.517. The number of ether oxygens (including phenoxy) is 2. The van der Waals surface area contributed by atoms with Crippen molar-refractivity contribution in [1.29, 1.82) is 0 Å². The zero-order valence-corrected chi connectivity index (χ0v) is 21.2. The Morgan fingerprint density at radius 3 is 2.56 bits per heavy atom. The molecule has 2 atom stereocenters. The van der Waals surface area contributed by atoms with Crippen LogP contribution in [0.15, 0.2) is 48.5 Å². The summed E-state index contributed by atoms with van der Waals surface area (Å²) in [7, 11) is 1.38. The monoisotopic (exact) mass is 491 g/mol. The number of rotatable bonds is 7. The fourth-order valence-corrected chi connectivity index (χ4v) is 5.71. The van der Waals surface area contributed by atoms with E-state index in [1.807, 2.05) is 18.2 Å². The Kier molecular flexibility index (Phi) is 7.75. The Morgan fingerprint density at radius 2 is 1.78 bits per heavy atom. The molecule has 3 aliphatic rings. The maximum Gasteiger partial charge on any atom is 0.328 e. The predicted molar refractivity (Wildman–Crippen MR) is 139 cm³/mol. The first-order valence-electron chi connectivity index (χ1n) is 13.3. The van der Waals surface area contributed by atoms with Crippen molar-refractivity contribution in [2.75, 3.05) is 38.2 Å². The summed E-state index contributed by atoms with van der Waals surface area (Å²) in [6.07, 6.45) is 6.46. The van der Waals surface area contributed by atoms with Crippen LogP contribution < -0.4 is 15.0 Å². The summed E-state index contributed by atoms with van der Waals surface area (Å²) in [6.45, 7) is 3.55. The van der Waals surface area contributed by atoms with E-state index in [0.29, 0.717) is 25.4 Å². The molecule has 2 aromatic carbocycles. The number of anilines is 1. The number of carbonyl (C=O) groups is 2. The number of benzene rings is 2. The largest absolute Gasteiger partial charge is 0.489 e. The van der Waals surface area contributed by atoms with Gasteiger partial charge in [0, 0.05) is 37.9 Å². The van der Waals surface area contributed by atoms with Crippen LogP contribution in [0.5, 0.6) is 5.75 Å². The summed E-state index contributed by atoms with van der Waals surface area (Å²) in [4.78, 5) is 28.9. The standard InChI is InChI=1S/C29H37N3O4/c1-35-29(34)26-6-4-16-32(26)28(33)19-21-8-11-24(12-9-21)31-17-14-23(15-18-31)30-20-25-13-10-22-5-2-3-7-27(22)36-25/h2-3,5,7-9,11-12,23,25-26,30H,4,6,10,13-20H2,1H3/t25-,26+/m1/s1. The molecule has 1 N–H and O–H groups in total. The van der Waals surface area contributed by atoms with E-state index in [4.69, 9.17) is 9.47 Å². The first-order valence-corrected chi connectivity index (χ1v) is 13.3. The van der Waals surface area contributed by atoms with Crippen molar-refractivity contribution in [3.63, 3.8) is 0 Å². The minimum Gasteiger partial charge on any atom is -0.489 e. The van der Waals surface area contributed by atoms with Gasteiger partial charge in [-0.05, 0) is 67.9 Å². The molecular formula is C29H37N3O4. The summed E-state index contributed by atoms with van der Waals surface area (Å²) >= 11 is 0. The van der Waals surface area contributed by atoms with E-state index in [0.717, 1.165) is 63.1 Å². The molecule has 7 heteroatoms. The van der Waals surface area contributed by atoms with Crippen LogP contribution >= 0.6 is 0 Å². The molecule has 0 aliphatic carbocycles. The number of esters is 1. The van der Waals surface area contributed by atoms with Crippen molar-refractivity contribution in [1.82, 2.24) is 10.2 Å². The Bertz CT molecular complexity index is 1050. The number of fused-ring (bicyclic) bond motifs is 1. The van der Waals surface area contributed by atoms with Gasteiger partial charge in [-0.2, -0.15) is 0 Å². The zero-order valence-electron chi connectivity index (χ0n) is 21.2. The Morgan fingerprint density at radius 1 is 1.00 bits per heavy atom. The quantitative estimate of drug-likeness (QED) is 0.599. The van der Waals surface area contributed by atoms with E-state index >= 15 is 0 Å². The number of nitrogens with zero attached hydrogens (tertiary/aromatic N) is 2. The third kappa shape index (κ3) is 5.67. The van der Waals surface area contributed by atoms with Crippen molar-refractivity contribution in [2.45, 2.75) is 63.1 Å². The second kappa shape index (κ2) is 11.3. The molecule has 5 rings (SSSR count). The summed E-state index contributed by atoms with van der Waals surface area (Å²) in [5.41, 5.74) is 3.49. The number of hydrogen-bond acceptors (Lipinski definition) is 6. The smallest absolute Gasteiger partial charge is 0.328 e. The number of carbonyl (C=O) groups excluding carboxylic acids is 2. The third-order valence-corrected chi connectivity index (χ3v) is 7.83. The van der Waals surface area contributed by atoms with E-state index in [-0.39, 0.29) is 18.0 Å². The minimum absolute atomic E-state index is 0.00651. The highest BCUT2D eigenvalue weighted by molar-refractivity contribution is 5.86. The van der Waals surface area contributed by atoms with Crippen LogP contribution in [0.1, 0.15) is 43.2 Å². The van der Waals surface area contributed by atoms with Gasteiger partial charge in [-0.3, -0.25) is 4.79 Å². The molecule has 0 unspecified atom stereocenters. The molecule has 0 spiro atoms. The molecule has 0 aromatic heterocycles. The van der Waals surface area contributed by atoms with Crippen LogP contribution in [-0.2, 0) is 27.2 Å². The molecule has 2 aromatic rings. The van der Waals surface area contributed by atoms with Crippen molar-refractivity contribution < 1.29 is 19.1 Å². The molecule has 36 heavy (non-hydrogen) atoms. The maximum absolute atomic E-state index is 12.8. The van der Waals surface area contributed by atoms with Gasteiger partial charge in [-0.15, -0.1) is 0 Å². The summed E-state index contributed by atoms with van der Waals surface area (Å²) in [6, 6.07) is 16.8. The van der Waals surface area contributed by atoms with Gasteiger partial charge in [-0.25, -0.2) is 4.79 Å². The Balaban J connectivity index is 1.06. The SMILES string of the molecule is COC(=O)[C@@H]1CCCN1C(=O)Cc1ccc(N2CCC(NC[C@H]3CCc4ccccc4O3)CC2)cc1. The van der Waals surface area contributed by atoms with Gasteiger partial charge in [0.05, 0.1) is 13.5 Å². The second-order valence-corrected chi connectivity index (χ2v) is 10.2. The lowest BCUT2D eigenvalue weighted by molar-refractivity contribution is -0.150. The van der Waals surface area contributed by atoms with Crippen LogP contribution in [-0.4, -0.2) is 68.3 Å². The summed E-state index contributed by atoms with van der Waals surface area (Å²) < 4.78 is 11.0. The van der Waals surface area contributed by atoms with Gasteiger partial charge in [0.2, 0.25) is 5.91 Å². The van der Waals surface area contributed by atoms with Crippen LogP contribution in [0.3, 0.4) is 0 Å². The van der Waals surface area contributed by atoms with Crippen LogP contribution in [0, 0.1) is 0 Å². The van der Waals surface area contributed by atoms with Crippen molar-refractivity contribution >= 4 is 17.6 Å². The van der Waals surface area contributed by atoms with Crippen molar-refractivity contribution in [3.05, 3.63) is 59.7 Å². The first-order chi connectivity index (χ1) is 17.6. The molecule has 7 nitrogen and oxygen atoms in total. The Hall–Kier alpha value is -3.06. The predicted octanol–water partition coefficient (Wildman–Crippen LogP) is 3.35. The van der Waals surface area contributed by atoms with Crippen LogP contribution in [0.25, 0.3) is 0 Å². The normalized spacial score (nSPS) is 22.1. The number of para-hydroxylation sites is 1. The van der Waals surface area contributed by atoms with Gasteiger partial charge >= 0.3 is 5.97 Å². The third-order valence-electron chi connectivity index (χ3n) is 7.83. The van der Waals surface area contributed by atoms with Crippen molar-refractivity contribution in [2.24, 2.45) is 0 Å². The lowest BCUT2D eigenvalue weighted by atomic mass is 10.0. The molecule has 2 saturated heterocycles. The fourth-order valence-electron chi connectivity index (χ4n) is 5.71. The molecule has 1 amide bonds. The number of methoxy groups -OCH3 is 1. The summed E-state index contributed by atoms with van der Waals surface area (Å²) in [5, 5.41) is 3.74. The number of hydrogen-bond donors (Lipinski definition) is 1. The zero-order chi connectivity index (χ0) is 24.9. The molecule has 0 radical (unpaired) electrons. The van der Waals surface area contributed by atoms with E-state index in [1.165, 1.54) is 18.4 Å². The Labute approximate surface area is 213 Å². The maximum atomic E-state index is 12.8. The van der Waals surface area contributed by atoms with E-state index < -0.39 is 6.04 Å². The molecule has 2 fully saturated rings. The van der Waals surface area contributed by atoms with Crippen LogP contribution in [0.2, 0.25) is 0 Å². The molecule has 3 aliphatic heterocycles. The van der Waals surface area contributed by atoms with Crippen molar-refractivity contribution in [3.8, 4) is 5.75 Å². The highest BCUT2D eigenvalue weighted by Gasteiger charge is 2.34. The number of piperidine rings is 1. The van der Waals surface area contributed by atoms with Gasteiger partial charge in [0.25, 0.3) is 0 Å². The van der Waals surface area contributed by atoms with Crippen LogP contribution in [0.4, 0.5) is 5.69 Å². The topological polar surface area (TPSA) is 71.1 Å². The highest BCUT2D eigenvalue weighted by Crippen LogP contribution is 2.27. The van der Waals surface area contributed by atoms with E-state index in [9.17, 15) is 9.59 Å². The van der Waals surface area contributed by atoms with Gasteiger partial charge < -0.3 is 24.6 Å². The first kappa shape index (κ1) is 24.6. The van der Waals surface area contributed by atoms with Gasteiger partial charge in [-0.1, -0.05) is 30.3 Å². The van der Waals surface area contributed by atoms with E-state index in [2.05, 4.69) is 40.5 Å².